The van der Waals surface area contributed by atoms with Gasteiger partial charge in [-0.1, -0.05) is 0 Å². The van der Waals surface area contributed by atoms with Gasteiger partial charge in [-0.25, -0.2) is 4.98 Å². The third-order valence-corrected chi connectivity index (χ3v) is 3.22. The zero-order valence-electron chi connectivity index (χ0n) is 10.7. The van der Waals surface area contributed by atoms with Crippen LogP contribution in [0.3, 0.4) is 0 Å². The van der Waals surface area contributed by atoms with Gasteiger partial charge in [-0.05, 0) is 0 Å². The van der Waals surface area contributed by atoms with Crippen molar-refractivity contribution in [3.05, 3.63) is 12.3 Å². The molecule has 1 fully saturated rings. The van der Waals surface area contributed by atoms with Crippen molar-refractivity contribution in [1.82, 2.24) is 14.9 Å². The summed E-state index contributed by atoms with van der Waals surface area (Å²) in [6.45, 7) is 1.33. The molecule has 1 amide bonds. The zero-order chi connectivity index (χ0) is 13.7. The average molecular weight is 286 g/mol. The van der Waals surface area contributed by atoms with Gasteiger partial charge < -0.3 is 14.4 Å². The van der Waals surface area contributed by atoms with E-state index in [4.69, 9.17) is 21.1 Å². The summed E-state index contributed by atoms with van der Waals surface area (Å²) in [7, 11) is 1.51. The molecule has 0 unspecified atom stereocenters. The lowest BCUT2D eigenvalue weighted by atomic mass is 10.1. The van der Waals surface area contributed by atoms with Crippen molar-refractivity contribution in [2.75, 3.05) is 26.1 Å². The zero-order valence-corrected chi connectivity index (χ0v) is 11.5. The maximum atomic E-state index is 11.4. The molecule has 1 aromatic heterocycles. The molecule has 0 N–H and O–H groups in total. The summed E-state index contributed by atoms with van der Waals surface area (Å²) in [6.07, 6.45) is 3.19. The number of rotatable bonds is 4. The molecule has 7 heteroatoms. The summed E-state index contributed by atoms with van der Waals surface area (Å²) in [5, 5.41) is 0. The molecule has 0 bridgehead atoms. The molecule has 6 nitrogen and oxygen atoms in total. The molecule has 1 aromatic rings. The number of nitrogens with zero attached hydrogens (tertiary/aromatic N) is 3. The van der Waals surface area contributed by atoms with Crippen LogP contribution in [-0.2, 0) is 4.79 Å². The third kappa shape index (κ3) is 3.70. The van der Waals surface area contributed by atoms with Gasteiger partial charge in [0.25, 0.3) is 0 Å². The van der Waals surface area contributed by atoms with Crippen LogP contribution in [0.25, 0.3) is 0 Å². The van der Waals surface area contributed by atoms with Gasteiger partial charge in [0.05, 0.1) is 7.11 Å². The Bertz CT molecular complexity index is 436. The Hall–Kier alpha value is -1.56. The van der Waals surface area contributed by atoms with E-state index in [0.717, 1.165) is 12.8 Å². The molecule has 1 aliphatic heterocycles. The Morgan fingerprint density at radius 2 is 2.26 bits per heavy atom. The molecular weight excluding hydrogens is 270 g/mol. The van der Waals surface area contributed by atoms with E-state index in [-0.39, 0.29) is 23.9 Å². The molecule has 0 aliphatic carbocycles. The maximum Gasteiger partial charge on any atom is 0.319 e. The van der Waals surface area contributed by atoms with Gasteiger partial charge >= 0.3 is 6.01 Å². The molecule has 19 heavy (non-hydrogen) atoms. The molecule has 1 aliphatic rings. The van der Waals surface area contributed by atoms with Crippen molar-refractivity contribution < 1.29 is 14.3 Å². The number of aromatic nitrogens is 2. The van der Waals surface area contributed by atoms with Gasteiger partial charge in [-0.15, -0.1) is 11.6 Å². The predicted octanol–water partition coefficient (Wildman–Crippen LogP) is 1.09. The third-order valence-electron chi connectivity index (χ3n) is 2.99. The Balaban J connectivity index is 1.86. The number of amides is 1. The number of methoxy groups -OCH3 is 1. The highest BCUT2D eigenvalue weighted by molar-refractivity contribution is 6.27. The smallest absolute Gasteiger partial charge is 0.319 e. The second-order valence-electron chi connectivity index (χ2n) is 4.21. The SMILES string of the molecule is COc1nccc(OC2CCN(C(=O)CCl)CC2)n1. The summed E-state index contributed by atoms with van der Waals surface area (Å²) < 4.78 is 10.7. The van der Waals surface area contributed by atoms with Crippen LogP contribution in [0, 0.1) is 0 Å². The molecule has 0 aromatic carbocycles. The first kappa shape index (κ1) is 13.9. The quantitative estimate of drug-likeness (QED) is 0.775. The molecule has 0 spiro atoms. The second kappa shape index (κ2) is 6.56. The van der Waals surface area contributed by atoms with E-state index in [0.29, 0.717) is 19.0 Å². The first-order valence-electron chi connectivity index (χ1n) is 6.10. The van der Waals surface area contributed by atoms with Crippen LogP contribution in [0.5, 0.6) is 11.9 Å². The average Bonchev–Trinajstić information content (AvgIpc) is 2.47. The fourth-order valence-corrected chi connectivity index (χ4v) is 2.14. The van der Waals surface area contributed by atoms with Gasteiger partial charge in [-0.2, -0.15) is 4.98 Å². The molecule has 2 heterocycles. The topological polar surface area (TPSA) is 64.6 Å². The van der Waals surface area contributed by atoms with Crippen LogP contribution in [0.2, 0.25) is 0 Å². The minimum atomic E-state index is -0.0242. The summed E-state index contributed by atoms with van der Waals surface area (Å²) in [5.74, 6) is 0.507. The lowest BCUT2D eigenvalue weighted by Gasteiger charge is -2.31. The lowest BCUT2D eigenvalue weighted by Crippen LogP contribution is -2.42. The van der Waals surface area contributed by atoms with E-state index < -0.39 is 0 Å². The van der Waals surface area contributed by atoms with Crippen molar-refractivity contribution in [2.45, 2.75) is 18.9 Å². The molecule has 0 radical (unpaired) electrons. The number of alkyl halides is 1. The van der Waals surface area contributed by atoms with Crippen LogP contribution in [0.4, 0.5) is 0 Å². The monoisotopic (exact) mass is 285 g/mol. The van der Waals surface area contributed by atoms with Gasteiger partial charge in [0, 0.05) is 38.2 Å². The highest BCUT2D eigenvalue weighted by Gasteiger charge is 2.23. The van der Waals surface area contributed by atoms with Crippen molar-refractivity contribution in [3.8, 4) is 11.9 Å². The van der Waals surface area contributed by atoms with Gasteiger partial charge in [0.1, 0.15) is 12.0 Å². The van der Waals surface area contributed by atoms with Gasteiger partial charge in [-0.3, -0.25) is 4.79 Å². The molecule has 0 saturated carbocycles. The highest BCUT2D eigenvalue weighted by Crippen LogP contribution is 2.18. The standard InChI is InChI=1S/C12H16ClN3O3/c1-18-12-14-5-2-10(15-12)19-9-3-6-16(7-4-9)11(17)8-13/h2,5,9H,3-4,6-8H2,1H3. The molecule has 0 atom stereocenters. The van der Waals surface area contributed by atoms with Crippen molar-refractivity contribution >= 4 is 17.5 Å². The van der Waals surface area contributed by atoms with Crippen LogP contribution in [0.1, 0.15) is 12.8 Å². The Kier molecular flexibility index (Phi) is 4.79. The van der Waals surface area contributed by atoms with E-state index in [1.165, 1.54) is 7.11 Å². The number of carbonyl (C=O) groups excluding carboxylic acids is 1. The first-order valence-corrected chi connectivity index (χ1v) is 6.64. The normalized spacial score (nSPS) is 16.2. The second-order valence-corrected chi connectivity index (χ2v) is 4.48. The van der Waals surface area contributed by atoms with E-state index in [9.17, 15) is 4.79 Å². The number of ether oxygens (including phenoxy) is 2. The molecule has 2 rings (SSSR count). The van der Waals surface area contributed by atoms with Crippen LogP contribution < -0.4 is 9.47 Å². The predicted molar refractivity (Wildman–Crippen MR) is 69.5 cm³/mol. The number of piperidine rings is 1. The van der Waals surface area contributed by atoms with E-state index in [1.54, 1.807) is 17.2 Å². The van der Waals surface area contributed by atoms with Crippen molar-refractivity contribution in [2.24, 2.45) is 0 Å². The number of likely N-dealkylation sites (tertiary alicyclic amines) is 1. The summed E-state index contributed by atoms with van der Waals surface area (Å²) in [5.41, 5.74) is 0. The lowest BCUT2D eigenvalue weighted by molar-refractivity contribution is -0.130. The minimum absolute atomic E-state index is 0.0242. The number of carbonyl (C=O) groups is 1. The number of hydrogen-bond acceptors (Lipinski definition) is 5. The molecular formula is C12H16ClN3O3. The van der Waals surface area contributed by atoms with Crippen molar-refractivity contribution in [3.63, 3.8) is 0 Å². The Labute approximate surface area is 116 Å². The van der Waals surface area contributed by atoms with E-state index in [2.05, 4.69) is 9.97 Å². The first-order chi connectivity index (χ1) is 9.22. The molecule has 104 valence electrons. The highest BCUT2D eigenvalue weighted by atomic mass is 35.5. The Morgan fingerprint density at radius 1 is 1.53 bits per heavy atom. The van der Waals surface area contributed by atoms with Crippen molar-refractivity contribution in [1.29, 1.82) is 0 Å². The number of halogens is 1. The summed E-state index contributed by atoms with van der Waals surface area (Å²) in [4.78, 5) is 21.2. The fourth-order valence-electron chi connectivity index (χ4n) is 1.97. The van der Waals surface area contributed by atoms with Gasteiger partial charge in [0.15, 0.2) is 0 Å². The van der Waals surface area contributed by atoms with Crippen LogP contribution in [0.15, 0.2) is 12.3 Å². The molecule has 1 saturated heterocycles. The minimum Gasteiger partial charge on any atom is -0.474 e. The number of hydrogen-bond donors (Lipinski definition) is 0. The van der Waals surface area contributed by atoms with E-state index in [1.807, 2.05) is 0 Å². The van der Waals surface area contributed by atoms with Crippen LogP contribution in [-0.4, -0.2) is 53.0 Å². The fraction of sp³-hybridized carbons (Fsp3) is 0.583. The summed E-state index contributed by atoms with van der Waals surface area (Å²) in [6, 6.07) is 1.98. The summed E-state index contributed by atoms with van der Waals surface area (Å²) >= 11 is 5.53. The van der Waals surface area contributed by atoms with Crippen LogP contribution >= 0.6 is 11.6 Å². The maximum absolute atomic E-state index is 11.4. The Morgan fingerprint density at radius 3 is 2.89 bits per heavy atom. The van der Waals surface area contributed by atoms with Gasteiger partial charge in [0.2, 0.25) is 11.8 Å². The largest absolute Gasteiger partial charge is 0.474 e. The van der Waals surface area contributed by atoms with E-state index >= 15 is 0 Å².